The van der Waals surface area contributed by atoms with Gasteiger partial charge in [-0.25, -0.2) is 0 Å². The molecule has 1 heterocycles. The third-order valence-electron chi connectivity index (χ3n) is 4.16. The molecule has 3 rings (SSSR count). The molecule has 5 heteroatoms. The van der Waals surface area contributed by atoms with Gasteiger partial charge in [0.05, 0.1) is 6.61 Å². The largest absolute Gasteiger partial charge is 0.462 e. The van der Waals surface area contributed by atoms with E-state index in [-0.39, 0.29) is 6.61 Å². The first-order valence-corrected chi connectivity index (χ1v) is 8.00. The lowest BCUT2D eigenvalue weighted by Crippen LogP contribution is -2.54. The molecule has 2 aromatic carbocycles. The maximum atomic E-state index is 9.88. The van der Waals surface area contributed by atoms with Gasteiger partial charge in [-0.2, -0.15) is 0 Å². The molecule has 24 heavy (non-hydrogen) atoms. The summed E-state index contributed by atoms with van der Waals surface area (Å²) >= 11 is 0. The van der Waals surface area contributed by atoms with E-state index >= 15 is 0 Å². The fourth-order valence-corrected chi connectivity index (χ4v) is 2.64. The molecule has 0 aromatic heterocycles. The van der Waals surface area contributed by atoms with Crippen molar-refractivity contribution in [3.05, 3.63) is 65.2 Å². The van der Waals surface area contributed by atoms with E-state index in [1.807, 2.05) is 12.1 Å². The third kappa shape index (κ3) is 3.94. The highest BCUT2D eigenvalue weighted by Crippen LogP contribution is 2.22. The molecule has 0 spiro atoms. The summed E-state index contributed by atoms with van der Waals surface area (Å²) in [5.74, 6) is 0.537. The number of hydrogen-bond acceptors (Lipinski definition) is 5. The number of benzene rings is 2. The van der Waals surface area contributed by atoms with Crippen LogP contribution in [0.1, 0.15) is 16.7 Å². The number of ether oxygens (including phenoxy) is 2. The van der Waals surface area contributed by atoms with Gasteiger partial charge in [0.2, 0.25) is 6.29 Å². The van der Waals surface area contributed by atoms with Gasteiger partial charge >= 0.3 is 0 Å². The first kappa shape index (κ1) is 16.9. The Morgan fingerprint density at radius 2 is 1.50 bits per heavy atom. The zero-order chi connectivity index (χ0) is 17.1. The number of aryl methyl sites for hydroxylation is 1. The van der Waals surface area contributed by atoms with E-state index < -0.39 is 24.6 Å². The van der Waals surface area contributed by atoms with Gasteiger partial charge in [0.15, 0.2) is 0 Å². The highest BCUT2D eigenvalue weighted by Gasteiger charge is 2.38. The van der Waals surface area contributed by atoms with Crippen LogP contribution in [-0.2, 0) is 11.2 Å². The Balaban J connectivity index is 1.61. The van der Waals surface area contributed by atoms with Crippen molar-refractivity contribution in [3.8, 4) is 5.75 Å². The minimum Gasteiger partial charge on any atom is -0.462 e. The Morgan fingerprint density at radius 3 is 2.12 bits per heavy atom. The fraction of sp³-hybridized carbons (Fsp3) is 0.368. The topological polar surface area (TPSA) is 79.2 Å². The molecule has 0 amide bonds. The first-order chi connectivity index (χ1) is 11.5. The molecule has 128 valence electrons. The lowest BCUT2D eigenvalue weighted by atomic mass is 10.0. The van der Waals surface area contributed by atoms with Gasteiger partial charge in [-0.15, -0.1) is 0 Å². The molecular formula is C19H22O5. The van der Waals surface area contributed by atoms with Gasteiger partial charge in [0.1, 0.15) is 24.1 Å². The Morgan fingerprint density at radius 1 is 0.917 bits per heavy atom. The van der Waals surface area contributed by atoms with E-state index in [1.54, 1.807) is 12.1 Å². The molecule has 5 nitrogen and oxygen atoms in total. The minimum absolute atomic E-state index is 0.0750. The molecule has 1 aliphatic heterocycles. The second-order valence-corrected chi connectivity index (χ2v) is 6.17. The van der Waals surface area contributed by atoms with Crippen molar-refractivity contribution in [2.24, 2.45) is 0 Å². The number of aliphatic hydroxyl groups excluding tert-OH is 3. The van der Waals surface area contributed by atoms with E-state index in [1.165, 1.54) is 11.1 Å². The van der Waals surface area contributed by atoms with Gasteiger partial charge in [-0.1, -0.05) is 42.0 Å². The Bertz CT molecular complexity index is 652. The van der Waals surface area contributed by atoms with Crippen LogP contribution in [0.4, 0.5) is 0 Å². The summed E-state index contributed by atoms with van der Waals surface area (Å²) < 4.78 is 10.8. The van der Waals surface area contributed by atoms with Crippen LogP contribution in [0.2, 0.25) is 0 Å². The Kier molecular flexibility index (Phi) is 5.16. The predicted molar refractivity (Wildman–Crippen MR) is 88.8 cm³/mol. The van der Waals surface area contributed by atoms with Crippen molar-refractivity contribution < 1.29 is 24.8 Å². The molecule has 3 N–H and O–H groups in total. The zero-order valence-electron chi connectivity index (χ0n) is 13.5. The normalized spacial score (nSPS) is 27.0. The van der Waals surface area contributed by atoms with E-state index in [0.717, 1.165) is 12.0 Å². The highest BCUT2D eigenvalue weighted by atomic mass is 16.7. The van der Waals surface area contributed by atoms with Crippen molar-refractivity contribution in [2.45, 2.75) is 37.9 Å². The van der Waals surface area contributed by atoms with E-state index in [2.05, 4.69) is 31.2 Å². The van der Waals surface area contributed by atoms with Crippen LogP contribution in [0.15, 0.2) is 48.5 Å². The molecule has 1 saturated heterocycles. The molecular weight excluding hydrogens is 308 g/mol. The maximum Gasteiger partial charge on any atom is 0.228 e. The van der Waals surface area contributed by atoms with Crippen LogP contribution >= 0.6 is 0 Å². The zero-order valence-corrected chi connectivity index (χ0v) is 13.5. The summed E-state index contributed by atoms with van der Waals surface area (Å²) in [6.45, 7) is 1.99. The lowest BCUT2D eigenvalue weighted by Gasteiger charge is -2.34. The minimum atomic E-state index is -1.29. The van der Waals surface area contributed by atoms with E-state index in [0.29, 0.717) is 5.75 Å². The lowest BCUT2D eigenvalue weighted by molar-refractivity contribution is -0.242. The predicted octanol–water partition coefficient (Wildman–Crippen LogP) is 1.40. The average Bonchev–Trinajstić information content (AvgIpc) is 2.59. The van der Waals surface area contributed by atoms with Crippen LogP contribution in [0, 0.1) is 6.92 Å². The Labute approximate surface area is 141 Å². The Hall–Kier alpha value is -1.92. The molecule has 0 aliphatic carbocycles. The van der Waals surface area contributed by atoms with Crippen molar-refractivity contribution in [3.63, 3.8) is 0 Å². The number of hydrogen-bond donors (Lipinski definition) is 3. The van der Waals surface area contributed by atoms with Gasteiger partial charge in [0, 0.05) is 0 Å². The molecule has 4 atom stereocenters. The molecule has 0 bridgehead atoms. The second kappa shape index (κ2) is 7.32. The molecule has 0 saturated carbocycles. The summed E-state index contributed by atoms with van der Waals surface area (Å²) in [5, 5.41) is 29.0. The quantitative estimate of drug-likeness (QED) is 0.790. The number of rotatable bonds is 4. The fourth-order valence-electron chi connectivity index (χ4n) is 2.64. The SMILES string of the molecule is Cc1ccc(Cc2ccc(O[C@H]3OC[C@H](O)[C@H](O)[C@H]3O)cc2)cc1. The summed E-state index contributed by atoms with van der Waals surface area (Å²) in [5.41, 5.74) is 3.62. The summed E-state index contributed by atoms with van der Waals surface area (Å²) in [6, 6.07) is 15.9. The standard InChI is InChI=1S/C19H22O5/c1-12-2-4-13(5-3-12)10-14-6-8-15(9-7-14)24-19-18(22)17(21)16(20)11-23-19/h2-9,16-22H,10-11H2,1H3/t16-,17-,18+,19+/m0/s1. The van der Waals surface area contributed by atoms with Crippen LogP contribution in [0.25, 0.3) is 0 Å². The molecule has 1 fully saturated rings. The first-order valence-electron chi connectivity index (χ1n) is 8.00. The van der Waals surface area contributed by atoms with Crippen LogP contribution in [0.3, 0.4) is 0 Å². The smallest absolute Gasteiger partial charge is 0.228 e. The molecule has 0 unspecified atom stereocenters. The van der Waals surface area contributed by atoms with Crippen molar-refractivity contribution >= 4 is 0 Å². The second-order valence-electron chi connectivity index (χ2n) is 6.17. The van der Waals surface area contributed by atoms with Gasteiger partial charge in [-0.3, -0.25) is 0 Å². The van der Waals surface area contributed by atoms with Crippen LogP contribution in [-0.4, -0.2) is 46.5 Å². The van der Waals surface area contributed by atoms with E-state index in [4.69, 9.17) is 9.47 Å². The molecule has 1 aliphatic rings. The van der Waals surface area contributed by atoms with Gasteiger partial charge in [-0.05, 0) is 36.6 Å². The van der Waals surface area contributed by atoms with Crippen molar-refractivity contribution in [2.75, 3.05) is 6.61 Å². The highest BCUT2D eigenvalue weighted by molar-refractivity contribution is 5.32. The third-order valence-corrected chi connectivity index (χ3v) is 4.16. The number of aliphatic hydroxyl groups is 3. The molecule has 0 radical (unpaired) electrons. The summed E-state index contributed by atoms with van der Waals surface area (Å²) in [7, 11) is 0. The monoisotopic (exact) mass is 330 g/mol. The molecule has 2 aromatic rings. The van der Waals surface area contributed by atoms with Crippen molar-refractivity contribution in [1.82, 2.24) is 0 Å². The summed E-state index contributed by atoms with van der Waals surface area (Å²) in [6.07, 6.45) is -3.83. The van der Waals surface area contributed by atoms with Gasteiger partial charge < -0.3 is 24.8 Å². The van der Waals surface area contributed by atoms with E-state index in [9.17, 15) is 15.3 Å². The van der Waals surface area contributed by atoms with Gasteiger partial charge in [0.25, 0.3) is 0 Å². The summed E-state index contributed by atoms with van der Waals surface area (Å²) in [4.78, 5) is 0. The van der Waals surface area contributed by atoms with Crippen LogP contribution < -0.4 is 4.74 Å². The average molecular weight is 330 g/mol. The van der Waals surface area contributed by atoms with Crippen molar-refractivity contribution in [1.29, 1.82) is 0 Å². The maximum absolute atomic E-state index is 9.88. The van der Waals surface area contributed by atoms with Crippen LogP contribution in [0.5, 0.6) is 5.75 Å².